The Morgan fingerprint density at radius 1 is 1.39 bits per heavy atom. The number of hydrogen-bond donors (Lipinski definition) is 2. The van der Waals surface area contributed by atoms with Gasteiger partial charge in [-0.1, -0.05) is 6.92 Å². The molecule has 0 radical (unpaired) electrons. The van der Waals surface area contributed by atoms with Gasteiger partial charge in [0.15, 0.2) is 0 Å². The zero-order chi connectivity index (χ0) is 13.8. The van der Waals surface area contributed by atoms with E-state index in [9.17, 15) is 12.8 Å². The van der Waals surface area contributed by atoms with Crippen LogP contribution < -0.4 is 10.0 Å². The first-order valence-electron chi connectivity index (χ1n) is 5.52. The number of sulfonamides is 1. The lowest BCUT2D eigenvalue weighted by Crippen LogP contribution is -2.26. The molecule has 0 aromatic heterocycles. The molecule has 2 N–H and O–H groups in total. The summed E-state index contributed by atoms with van der Waals surface area (Å²) in [5.74, 6) is -0.539. The molecule has 0 amide bonds. The highest BCUT2D eigenvalue weighted by Crippen LogP contribution is 2.24. The van der Waals surface area contributed by atoms with Crippen LogP contribution in [0, 0.1) is 12.7 Å². The van der Waals surface area contributed by atoms with Gasteiger partial charge < -0.3 is 5.32 Å². The van der Waals surface area contributed by atoms with Crippen LogP contribution in [0.3, 0.4) is 0 Å². The van der Waals surface area contributed by atoms with Crippen LogP contribution in [-0.2, 0) is 10.0 Å². The molecule has 0 fully saturated rings. The van der Waals surface area contributed by atoms with Gasteiger partial charge in [0.1, 0.15) is 5.82 Å². The maximum Gasteiger partial charge on any atom is 0.233 e. The minimum atomic E-state index is -3.45. The van der Waals surface area contributed by atoms with Gasteiger partial charge in [0.25, 0.3) is 0 Å². The summed E-state index contributed by atoms with van der Waals surface area (Å²) in [5.41, 5.74) is 0.933. The highest BCUT2D eigenvalue weighted by molar-refractivity contribution is 9.10. The first kappa shape index (κ1) is 15.4. The maximum absolute atomic E-state index is 13.3. The van der Waals surface area contributed by atoms with E-state index in [4.69, 9.17) is 0 Å². The second-order valence-electron chi connectivity index (χ2n) is 3.86. The van der Waals surface area contributed by atoms with Gasteiger partial charge in [-0.2, -0.15) is 0 Å². The van der Waals surface area contributed by atoms with Crippen LogP contribution in [0.15, 0.2) is 16.6 Å². The highest BCUT2D eigenvalue weighted by Gasteiger charge is 2.13. The quantitative estimate of drug-likeness (QED) is 0.782. The van der Waals surface area contributed by atoms with Crippen LogP contribution in [0.4, 0.5) is 10.1 Å². The predicted octanol–water partition coefficient (Wildman–Crippen LogP) is 2.25. The average Bonchev–Trinajstić information content (AvgIpc) is 2.26. The van der Waals surface area contributed by atoms with Crippen molar-refractivity contribution >= 4 is 31.6 Å². The average molecular weight is 339 g/mol. The zero-order valence-corrected chi connectivity index (χ0v) is 12.7. The number of benzene rings is 1. The second kappa shape index (κ2) is 6.49. The molecule has 1 aromatic rings. The van der Waals surface area contributed by atoms with Crippen molar-refractivity contribution in [2.75, 3.05) is 23.6 Å². The summed E-state index contributed by atoms with van der Waals surface area (Å²) in [5, 5.41) is 2.92. The molecule has 7 heteroatoms. The molecule has 0 spiro atoms. The Morgan fingerprint density at radius 2 is 2.06 bits per heavy atom. The van der Waals surface area contributed by atoms with Crippen molar-refractivity contribution in [2.24, 2.45) is 0 Å². The normalized spacial score (nSPS) is 11.6. The van der Waals surface area contributed by atoms with Crippen LogP contribution in [0.25, 0.3) is 0 Å². The molecule has 0 bridgehead atoms. The van der Waals surface area contributed by atoms with E-state index >= 15 is 0 Å². The van der Waals surface area contributed by atoms with Crippen molar-refractivity contribution in [3.63, 3.8) is 0 Å². The van der Waals surface area contributed by atoms with Crippen molar-refractivity contribution in [1.82, 2.24) is 5.32 Å². The molecule has 0 aliphatic heterocycles. The fourth-order valence-electron chi connectivity index (χ4n) is 1.36. The van der Waals surface area contributed by atoms with Gasteiger partial charge in [0.2, 0.25) is 10.0 Å². The van der Waals surface area contributed by atoms with E-state index in [-0.39, 0.29) is 11.4 Å². The molecule has 0 heterocycles. The fourth-order valence-corrected chi connectivity index (χ4v) is 2.89. The Morgan fingerprint density at radius 3 is 2.67 bits per heavy atom. The van der Waals surface area contributed by atoms with E-state index in [0.29, 0.717) is 23.1 Å². The van der Waals surface area contributed by atoms with Crippen molar-refractivity contribution in [1.29, 1.82) is 0 Å². The minimum Gasteiger partial charge on any atom is -0.316 e. The number of nitrogens with one attached hydrogen (secondary N) is 2. The van der Waals surface area contributed by atoms with Crippen LogP contribution in [0.5, 0.6) is 0 Å². The molecule has 0 saturated carbocycles. The third kappa shape index (κ3) is 4.55. The predicted molar refractivity (Wildman–Crippen MR) is 74.8 cm³/mol. The minimum absolute atomic E-state index is 0.0437. The first-order valence-corrected chi connectivity index (χ1v) is 7.97. The lowest BCUT2D eigenvalue weighted by atomic mass is 10.2. The summed E-state index contributed by atoms with van der Waals surface area (Å²) in [6.07, 6.45) is 0. The van der Waals surface area contributed by atoms with E-state index in [0.717, 1.165) is 0 Å². The molecule has 18 heavy (non-hydrogen) atoms. The monoisotopic (exact) mass is 338 g/mol. The third-order valence-corrected chi connectivity index (χ3v) is 4.21. The molecule has 0 aliphatic rings. The molecule has 1 aromatic carbocycles. The van der Waals surface area contributed by atoms with E-state index < -0.39 is 15.8 Å². The van der Waals surface area contributed by atoms with Gasteiger partial charge in [0.05, 0.1) is 15.9 Å². The Bertz CT molecular complexity index is 520. The molecule has 0 atom stereocenters. The highest BCUT2D eigenvalue weighted by atomic mass is 79.9. The fraction of sp³-hybridized carbons (Fsp3) is 0.455. The van der Waals surface area contributed by atoms with E-state index in [1.165, 1.54) is 12.1 Å². The Balaban J connectivity index is 2.81. The molecule has 102 valence electrons. The van der Waals surface area contributed by atoms with Crippen LogP contribution >= 0.6 is 15.9 Å². The summed E-state index contributed by atoms with van der Waals surface area (Å²) in [7, 11) is -3.45. The van der Waals surface area contributed by atoms with Gasteiger partial charge >= 0.3 is 0 Å². The topological polar surface area (TPSA) is 58.2 Å². The lowest BCUT2D eigenvalue weighted by molar-refractivity contribution is 0.597. The van der Waals surface area contributed by atoms with Crippen LogP contribution in [0.2, 0.25) is 0 Å². The van der Waals surface area contributed by atoms with Crippen LogP contribution in [0.1, 0.15) is 12.5 Å². The van der Waals surface area contributed by atoms with Crippen molar-refractivity contribution in [2.45, 2.75) is 13.8 Å². The van der Waals surface area contributed by atoms with Gasteiger partial charge in [0, 0.05) is 6.54 Å². The molecule has 0 aliphatic carbocycles. The number of hydrogen-bond acceptors (Lipinski definition) is 3. The molecular weight excluding hydrogens is 323 g/mol. The first-order chi connectivity index (χ1) is 8.35. The second-order valence-corrected chi connectivity index (χ2v) is 6.55. The lowest BCUT2D eigenvalue weighted by Gasteiger charge is -2.11. The summed E-state index contributed by atoms with van der Waals surface area (Å²) in [4.78, 5) is 0. The summed E-state index contributed by atoms with van der Waals surface area (Å²) in [6.45, 7) is 4.69. The van der Waals surface area contributed by atoms with Gasteiger partial charge in [-0.25, -0.2) is 12.8 Å². The van der Waals surface area contributed by atoms with Crippen LogP contribution in [-0.4, -0.2) is 27.3 Å². The van der Waals surface area contributed by atoms with Crippen molar-refractivity contribution < 1.29 is 12.8 Å². The summed E-state index contributed by atoms with van der Waals surface area (Å²) >= 11 is 3.05. The number of anilines is 1. The standard InChI is InChI=1S/C11H16BrFN2O2S/c1-3-14-4-5-18(16,17)15-11-7-10(13)9(12)6-8(11)2/h6-7,14-15H,3-5H2,1-2H3. The Hall–Kier alpha value is -0.660. The summed E-state index contributed by atoms with van der Waals surface area (Å²) < 4.78 is 39.5. The Kier molecular flexibility index (Phi) is 5.55. The van der Waals surface area contributed by atoms with Gasteiger partial charge in [-0.05, 0) is 47.1 Å². The maximum atomic E-state index is 13.3. The molecular formula is C11H16BrFN2O2S. The molecule has 0 unspecified atom stereocenters. The summed E-state index contributed by atoms with van der Waals surface area (Å²) in [6, 6.07) is 2.71. The molecule has 0 saturated heterocycles. The molecule has 1 rings (SSSR count). The Labute approximate surface area is 115 Å². The smallest absolute Gasteiger partial charge is 0.233 e. The number of halogens is 2. The molecule has 4 nitrogen and oxygen atoms in total. The van der Waals surface area contributed by atoms with Gasteiger partial charge in [-0.3, -0.25) is 4.72 Å². The largest absolute Gasteiger partial charge is 0.316 e. The van der Waals surface area contributed by atoms with Crippen molar-refractivity contribution in [3.05, 3.63) is 28.0 Å². The van der Waals surface area contributed by atoms with Gasteiger partial charge in [-0.15, -0.1) is 0 Å². The van der Waals surface area contributed by atoms with E-state index in [1.807, 2.05) is 6.92 Å². The van der Waals surface area contributed by atoms with E-state index in [2.05, 4.69) is 26.0 Å². The van der Waals surface area contributed by atoms with Crippen molar-refractivity contribution in [3.8, 4) is 0 Å². The zero-order valence-electron chi connectivity index (χ0n) is 10.3. The SMILES string of the molecule is CCNCCS(=O)(=O)Nc1cc(F)c(Br)cc1C. The third-order valence-electron chi connectivity index (χ3n) is 2.33. The number of aryl methyl sites for hydroxylation is 1. The number of rotatable bonds is 6. The van der Waals surface area contributed by atoms with E-state index in [1.54, 1.807) is 6.92 Å².